The van der Waals surface area contributed by atoms with E-state index in [0.717, 1.165) is 11.1 Å². The first-order valence-electron chi connectivity index (χ1n) is 6.86. The molecule has 5 heteroatoms. The molecule has 2 aliphatic heterocycles. The molecule has 20 heavy (non-hydrogen) atoms. The number of benzene rings is 1. The molecule has 0 radical (unpaired) electrons. The van der Waals surface area contributed by atoms with E-state index < -0.39 is 5.60 Å². The van der Waals surface area contributed by atoms with E-state index in [0.29, 0.717) is 19.5 Å². The maximum atomic E-state index is 12.6. The van der Waals surface area contributed by atoms with Crippen molar-refractivity contribution in [3.05, 3.63) is 35.4 Å². The lowest BCUT2D eigenvalue weighted by Crippen LogP contribution is -2.44. The monoisotopic (exact) mass is 274 g/mol. The molecule has 0 saturated carbocycles. The second kappa shape index (κ2) is 4.51. The van der Waals surface area contributed by atoms with Gasteiger partial charge in [0, 0.05) is 18.5 Å². The van der Waals surface area contributed by atoms with Crippen LogP contribution in [0.3, 0.4) is 0 Å². The summed E-state index contributed by atoms with van der Waals surface area (Å²) in [4.78, 5) is 25.7. The van der Waals surface area contributed by atoms with Crippen molar-refractivity contribution in [3.8, 4) is 0 Å². The van der Waals surface area contributed by atoms with E-state index in [4.69, 9.17) is 4.74 Å². The molecule has 3 rings (SSSR count). The van der Waals surface area contributed by atoms with Crippen LogP contribution in [-0.4, -0.2) is 41.6 Å². The van der Waals surface area contributed by atoms with Crippen LogP contribution in [0.2, 0.25) is 0 Å². The van der Waals surface area contributed by atoms with Crippen LogP contribution in [0, 0.1) is 6.92 Å². The lowest BCUT2D eigenvalue weighted by atomic mass is 9.95. The van der Waals surface area contributed by atoms with Gasteiger partial charge in [0.2, 0.25) is 0 Å². The average Bonchev–Trinajstić information content (AvgIpc) is 2.95. The van der Waals surface area contributed by atoms with Gasteiger partial charge >= 0.3 is 6.09 Å². The largest absolute Gasteiger partial charge is 0.439 e. The van der Waals surface area contributed by atoms with Gasteiger partial charge in [-0.2, -0.15) is 0 Å². The average molecular weight is 274 g/mol. The van der Waals surface area contributed by atoms with Crippen LogP contribution < -0.4 is 5.32 Å². The minimum Gasteiger partial charge on any atom is -0.439 e. The molecule has 2 heterocycles. The number of nitrogens with zero attached hydrogens (tertiary/aromatic N) is 1. The number of hydrogen-bond donors (Lipinski definition) is 1. The Balaban J connectivity index is 1.80. The highest BCUT2D eigenvalue weighted by Gasteiger charge is 2.52. The molecule has 1 spiro atoms. The van der Waals surface area contributed by atoms with Gasteiger partial charge in [-0.15, -0.1) is 0 Å². The highest BCUT2D eigenvalue weighted by molar-refractivity contribution is 5.96. The Morgan fingerprint density at radius 1 is 1.45 bits per heavy atom. The standard InChI is InChI=1S/C15H18N2O3/c1-10-5-3-4-6-12(10)13(18)17-8-7-15(9-17)11(2)16-14(19)20-15/h3-6,11H,7-9H2,1-2H3,(H,16,19). The topological polar surface area (TPSA) is 58.6 Å². The smallest absolute Gasteiger partial charge is 0.408 e. The fraction of sp³-hybridized carbons (Fsp3) is 0.467. The number of rotatable bonds is 1. The third-order valence-corrected chi connectivity index (χ3v) is 4.35. The van der Waals surface area contributed by atoms with Crippen LogP contribution in [-0.2, 0) is 4.74 Å². The maximum absolute atomic E-state index is 12.6. The number of ether oxygens (including phenoxy) is 1. The third kappa shape index (κ3) is 1.94. The van der Waals surface area contributed by atoms with Gasteiger partial charge in [0.15, 0.2) is 5.60 Å². The van der Waals surface area contributed by atoms with Crippen LogP contribution in [0.25, 0.3) is 0 Å². The first kappa shape index (κ1) is 13.0. The predicted octanol–water partition coefficient (Wildman–Crippen LogP) is 1.71. The second-order valence-corrected chi connectivity index (χ2v) is 5.61. The summed E-state index contributed by atoms with van der Waals surface area (Å²) in [6.45, 7) is 4.93. The van der Waals surface area contributed by atoms with Crippen molar-refractivity contribution in [1.82, 2.24) is 10.2 Å². The van der Waals surface area contributed by atoms with Crippen molar-refractivity contribution in [2.75, 3.05) is 13.1 Å². The number of carbonyl (C=O) groups excluding carboxylic acids is 2. The summed E-state index contributed by atoms with van der Waals surface area (Å²) in [5.74, 6) is 0.00937. The summed E-state index contributed by atoms with van der Waals surface area (Å²) in [6, 6.07) is 7.49. The first-order valence-corrected chi connectivity index (χ1v) is 6.86. The molecule has 2 aliphatic rings. The Bertz CT molecular complexity index is 572. The van der Waals surface area contributed by atoms with Gasteiger partial charge in [0.05, 0.1) is 12.6 Å². The molecule has 5 nitrogen and oxygen atoms in total. The van der Waals surface area contributed by atoms with Crippen LogP contribution in [0.4, 0.5) is 4.79 Å². The minimum atomic E-state index is -0.560. The normalized spacial score (nSPS) is 28.6. The highest BCUT2D eigenvalue weighted by Crippen LogP contribution is 2.33. The molecule has 2 amide bonds. The molecule has 1 aromatic carbocycles. The fourth-order valence-electron chi connectivity index (χ4n) is 3.01. The van der Waals surface area contributed by atoms with E-state index in [1.807, 2.05) is 38.1 Å². The van der Waals surface area contributed by atoms with Crippen LogP contribution in [0.15, 0.2) is 24.3 Å². The maximum Gasteiger partial charge on any atom is 0.408 e. The number of hydrogen-bond acceptors (Lipinski definition) is 3. The molecule has 106 valence electrons. The zero-order chi connectivity index (χ0) is 14.3. The second-order valence-electron chi connectivity index (χ2n) is 5.61. The van der Waals surface area contributed by atoms with Gasteiger partial charge in [-0.25, -0.2) is 4.79 Å². The highest BCUT2D eigenvalue weighted by atomic mass is 16.6. The molecule has 1 aromatic rings. The van der Waals surface area contributed by atoms with Crippen LogP contribution in [0.1, 0.15) is 29.3 Å². The Morgan fingerprint density at radius 3 is 2.85 bits per heavy atom. The molecule has 2 fully saturated rings. The number of aryl methyl sites for hydroxylation is 1. The van der Waals surface area contributed by atoms with Crippen molar-refractivity contribution in [2.24, 2.45) is 0 Å². The van der Waals surface area contributed by atoms with Crippen molar-refractivity contribution in [2.45, 2.75) is 31.9 Å². The Morgan fingerprint density at radius 2 is 2.20 bits per heavy atom. The molecule has 0 aromatic heterocycles. The van der Waals surface area contributed by atoms with Gasteiger partial charge in [-0.1, -0.05) is 18.2 Å². The summed E-state index contributed by atoms with van der Waals surface area (Å²) in [7, 11) is 0. The predicted molar refractivity (Wildman–Crippen MR) is 73.5 cm³/mol. The van der Waals surface area contributed by atoms with Crippen LogP contribution in [0.5, 0.6) is 0 Å². The Kier molecular flexibility index (Phi) is 2.92. The van der Waals surface area contributed by atoms with Crippen molar-refractivity contribution >= 4 is 12.0 Å². The fourth-order valence-corrected chi connectivity index (χ4v) is 3.01. The number of alkyl carbamates (subject to hydrolysis) is 1. The van der Waals surface area contributed by atoms with E-state index >= 15 is 0 Å². The van der Waals surface area contributed by atoms with Gasteiger partial charge < -0.3 is 15.0 Å². The molecule has 2 atom stereocenters. The van der Waals surface area contributed by atoms with E-state index in [2.05, 4.69) is 5.32 Å². The molecule has 0 aliphatic carbocycles. The van der Waals surface area contributed by atoms with Crippen molar-refractivity contribution < 1.29 is 14.3 Å². The lowest BCUT2D eigenvalue weighted by Gasteiger charge is -2.25. The molecule has 2 unspecified atom stereocenters. The summed E-state index contributed by atoms with van der Waals surface area (Å²) in [5.41, 5.74) is 1.12. The molecule has 0 bridgehead atoms. The van der Waals surface area contributed by atoms with E-state index in [-0.39, 0.29) is 18.0 Å². The van der Waals surface area contributed by atoms with Gasteiger partial charge in [-0.05, 0) is 25.5 Å². The first-order chi connectivity index (χ1) is 9.52. The lowest BCUT2D eigenvalue weighted by molar-refractivity contribution is 0.0430. The number of nitrogens with one attached hydrogen (secondary N) is 1. The van der Waals surface area contributed by atoms with E-state index in [9.17, 15) is 9.59 Å². The van der Waals surface area contributed by atoms with E-state index in [1.54, 1.807) is 4.90 Å². The Labute approximate surface area is 117 Å². The molecule has 2 saturated heterocycles. The summed E-state index contributed by atoms with van der Waals surface area (Å²) in [6.07, 6.45) is 0.299. The number of carbonyl (C=O) groups is 2. The SMILES string of the molecule is Cc1ccccc1C(=O)N1CCC2(C1)OC(=O)NC2C. The van der Waals surface area contributed by atoms with Gasteiger partial charge in [0.25, 0.3) is 5.91 Å². The zero-order valence-electron chi connectivity index (χ0n) is 11.7. The van der Waals surface area contributed by atoms with Crippen molar-refractivity contribution in [1.29, 1.82) is 0 Å². The summed E-state index contributed by atoms with van der Waals surface area (Å²) < 4.78 is 5.42. The molecule has 1 N–H and O–H groups in total. The zero-order valence-corrected chi connectivity index (χ0v) is 11.7. The van der Waals surface area contributed by atoms with Gasteiger partial charge in [-0.3, -0.25) is 4.79 Å². The third-order valence-electron chi connectivity index (χ3n) is 4.35. The summed E-state index contributed by atoms with van der Waals surface area (Å²) >= 11 is 0. The van der Waals surface area contributed by atoms with E-state index in [1.165, 1.54) is 0 Å². The minimum absolute atomic E-state index is 0.00937. The van der Waals surface area contributed by atoms with Crippen LogP contribution >= 0.6 is 0 Å². The van der Waals surface area contributed by atoms with Gasteiger partial charge in [0.1, 0.15) is 0 Å². The number of amides is 2. The summed E-state index contributed by atoms with van der Waals surface area (Å²) in [5, 5.41) is 2.76. The quantitative estimate of drug-likeness (QED) is 0.848. The molecular formula is C15H18N2O3. The van der Waals surface area contributed by atoms with Crippen molar-refractivity contribution in [3.63, 3.8) is 0 Å². The molecular weight excluding hydrogens is 256 g/mol. The number of likely N-dealkylation sites (tertiary alicyclic amines) is 1. The Hall–Kier alpha value is -2.04.